The molecule has 4 nitrogen and oxygen atoms in total. The lowest BCUT2D eigenvalue weighted by molar-refractivity contribution is -0.111. The third kappa shape index (κ3) is 3.97. The number of aryl methyl sites for hydroxylation is 1. The van der Waals surface area contributed by atoms with Gasteiger partial charge in [-0.25, -0.2) is 0 Å². The van der Waals surface area contributed by atoms with Crippen molar-refractivity contribution in [3.05, 3.63) is 65.2 Å². The van der Waals surface area contributed by atoms with Crippen LogP contribution in [0.4, 0.5) is 5.69 Å². The van der Waals surface area contributed by atoms with Gasteiger partial charge < -0.3 is 10.1 Å². The van der Waals surface area contributed by atoms with E-state index in [2.05, 4.69) is 5.32 Å². The molecule has 0 saturated carbocycles. The second-order valence-electron chi connectivity index (χ2n) is 4.76. The first kappa shape index (κ1) is 15.3. The average Bonchev–Trinajstić information content (AvgIpc) is 2.53. The number of methoxy groups -OCH3 is 1. The van der Waals surface area contributed by atoms with Crippen LogP contribution in [-0.2, 0) is 4.79 Å². The van der Waals surface area contributed by atoms with Crippen LogP contribution in [0.5, 0.6) is 5.75 Å². The van der Waals surface area contributed by atoms with Crippen molar-refractivity contribution in [2.24, 2.45) is 0 Å². The molecule has 0 aromatic heterocycles. The zero-order valence-electron chi connectivity index (χ0n) is 12.5. The summed E-state index contributed by atoms with van der Waals surface area (Å²) in [4.78, 5) is 11.9. The van der Waals surface area contributed by atoms with Crippen molar-refractivity contribution < 1.29 is 9.53 Å². The van der Waals surface area contributed by atoms with Crippen LogP contribution in [0.1, 0.15) is 16.7 Å². The van der Waals surface area contributed by atoms with Crippen LogP contribution in [-0.4, -0.2) is 13.0 Å². The zero-order chi connectivity index (χ0) is 15.9. The first-order valence-corrected chi connectivity index (χ1v) is 6.76. The number of hydrogen-bond acceptors (Lipinski definition) is 3. The van der Waals surface area contributed by atoms with Gasteiger partial charge in [-0.3, -0.25) is 4.79 Å². The summed E-state index contributed by atoms with van der Waals surface area (Å²) < 4.78 is 5.26. The number of anilines is 1. The standard InChI is InChI=1S/C18H16N2O2/c1-13-6-8-17(22-2)15(10-13)7-9-18(21)20-16-5-3-4-14(11-16)12-19/h3-11H,1-2H3,(H,20,21)/b9-7+. The summed E-state index contributed by atoms with van der Waals surface area (Å²) in [5.41, 5.74) is 3.01. The Bertz CT molecular complexity index is 758. The lowest BCUT2D eigenvalue weighted by Gasteiger charge is -2.06. The number of hydrogen-bond donors (Lipinski definition) is 1. The van der Waals surface area contributed by atoms with Gasteiger partial charge in [0.25, 0.3) is 0 Å². The van der Waals surface area contributed by atoms with Gasteiger partial charge in [-0.2, -0.15) is 5.26 Å². The summed E-state index contributed by atoms with van der Waals surface area (Å²) >= 11 is 0. The molecule has 0 bridgehead atoms. The number of carbonyl (C=O) groups is 1. The van der Waals surface area contributed by atoms with Crippen LogP contribution in [0.2, 0.25) is 0 Å². The second kappa shape index (κ2) is 7.09. The minimum Gasteiger partial charge on any atom is -0.496 e. The monoisotopic (exact) mass is 292 g/mol. The molecule has 22 heavy (non-hydrogen) atoms. The maximum Gasteiger partial charge on any atom is 0.248 e. The maximum absolute atomic E-state index is 11.9. The molecule has 0 saturated heterocycles. The number of nitrogens with one attached hydrogen (secondary N) is 1. The van der Waals surface area contributed by atoms with Gasteiger partial charge in [0.1, 0.15) is 5.75 Å². The van der Waals surface area contributed by atoms with Crippen LogP contribution >= 0.6 is 0 Å². The molecule has 0 aliphatic rings. The largest absolute Gasteiger partial charge is 0.496 e. The molecule has 0 radical (unpaired) electrons. The van der Waals surface area contributed by atoms with Gasteiger partial charge in [0.05, 0.1) is 18.7 Å². The Labute approximate surface area is 129 Å². The lowest BCUT2D eigenvalue weighted by atomic mass is 10.1. The molecule has 2 rings (SSSR count). The van der Waals surface area contributed by atoms with E-state index < -0.39 is 0 Å². The quantitative estimate of drug-likeness (QED) is 0.877. The second-order valence-corrected chi connectivity index (χ2v) is 4.76. The van der Waals surface area contributed by atoms with Crippen LogP contribution in [0.3, 0.4) is 0 Å². The van der Waals surface area contributed by atoms with Gasteiger partial charge in [0.2, 0.25) is 5.91 Å². The highest BCUT2D eigenvalue weighted by atomic mass is 16.5. The highest BCUT2D eigenvalue weighted by Gasteiger charge is 2.02. The molecule has 110 valence electrons. The zero-order valence-corrected chi connectivity index (χ0v) is 12.5. The van der Waals surface area contributed by atoms with Crippen molar-refractivity contribution in [2.45, 2.75) is 6.92 Å². The van der Waals surface area contributed by atoms with E-state index in [9.17, 15) is 4.79 Å². The highest BCUT2D eigenvalue weighted by Crippen LogP contribution is 2.21. The summed E-state index contributed by atoms with van der Waals surface area (Å²) in [7, 11) is 1.59. The van der Waals surface area contributed by atoms with Gasteiger partial charge in [-0.1, -0.05) is 17.7 Å². The number of nitrogens with zero attached hydrogens (tertiary/aromatic N) is 1. The van der Waals surface area contributed by atoms with Gasteiger partial charge in [0.15, 0.2) is 0 Å². The van der Waals surface area contributed by atoms with E-state index in [4.69, 9.17) is 10.00 Å². The number of carbonyl (C=O) groups excluding carboxylic acids is 1. The van der Waals surface area contributed by atoms with E-state index in [1.165, 1.54) is 6.08 Å². The fraction of sp³-hybridized carbons (Fsp3) is 0.111. The van der Waals surface area contributed by atoms with E-state index >= 15 is 0 Å². The third-order valence-corrected chi connectivity index (χ3v) is 3.06. The molecule has 0 atom stereocenters. The van der Waals surface area contributed by atoms with E-state index in [0.29, 0.717) is 17.0 Å². The number of amides is 1. The van der Waals surface area contributed by atoms with Crippen molar-refractivity contribution in [3.8, 4) is 11.8 Å². The minimum absolute atomic E-state index is 0.265. The summed E-state index contributed by atoms with van der Waals surface area (Å²) in [6.07, 6.45) is 3.14. The molecular formula is C18H16N2O2. The van der Waals surface area contributed by atoms with Gasteiger partial charge in [0, 0.05) is 17.3 Å². The van der Waals surface area contributed by atoms with E-state index in [0.717, 1.165) is 11.1 Å². The first-order chi connectivity index (χ1) is 10.6. The van der Waals surface area contributed by atoms with Crippen molar-refractivity contribution in [2.75, 3.05) is 12.4 Å². The van der Waals surface area contributed by atoms with E-state index in [1.807, 2.05) is 31.2 Å². The van der Waals surface area contributed by atoms with Crippen molar-refractivity contribution in [1.82, 2.24) is 0 Å². The highest BCUT2D eigenvalue weighted by molar-refractivity contribution is 6.02. The first-order valence-electron chi connectivity index (χ1n) is 6.76. The van der Waals surface area contributed by atoms with Crippen LogP contribution in [0.15, 0.2) is 48.5 Å². The molecule has 0 unspecified atom stereocenters. The molecule has 2 aromatic rings. The predicted molar refractivity (Wildman–Crippen MR) is 86.6 cm³/mol. The summed E-state index contributed by atoms with van der Waals surface area (Å²) in [5.74, 6) is 0.444. The molecule has 1 amide bonds. The minimum atomic E-state index is -0.265. The van der Waals surface area contributed by atoms with Crippen molar-refractivity contribution in [3.63, 3.8) is 0 Å². The van der Waals surface area contributed by atoms with Gasteiger partial charge in [-0.15, -0.1) is 0 Å². The smallest absolute Gasteiger partial charge is 0.248 e. The normalized spacial score (nSPS) is 10.2. The van der Waals surface area contributed by atoms with Gasteiger partial charge >= 0.3 is 0 Å². The molecule has 4 heteroatoms. The Kier molecular flexibility index (Phi) is 4.94. The third-order valence-electron chi connectivity index (χ3n) is 3.06. The summed E-state index contributed by atoms with van der Waals surface area (Å²) in [6, 6.07) is 14.6. The Morgan fingerprint density at radius 1 is 1.27 bits per heavy atom. The van der Waals surface area contributed by atoms with E-state index in [1.54, 1.807) is 37.5 Å². The lowest BCUT2D eigenvalue weighted by Crippen LogP contribution is -2.07. The van der Waals surface area contributed by atoms with Gasteiger partial charge in [-0.05, 0) is 43.3 Å². The van der Waals surface area contributed by atoms with Crippen LogP contribution in [0, 0.1) is 18.3 Å². The maximum atomic E-state index is 11.9. The Morgan fingerprint density at radius 3 is 2.82 bits per heavy atom. The topological polar surface area (TPSA) is 62.1 Å². The molecule has 0 spiro atoms. The average molecular weight is 292 g/mol. The van der Waals surface area contributed by atoms with Crippen molar-refractivity contribution >= 4 is 17.7 Å². The Balaban J connectivity index is 2.11. The summed E-state index contributed by atoms with van der Waals surface area (Å²) in [5, 5.41) is 11.6. The molecule has 0 fully saturated rings. The predicted octanol–water partition coefficient (Wildman–Crippen LogP) is 3.53. The number of nitriles is 1. The Morgan fingerprint density at radius 2 is 2.09 bits per heavy atom. The fourth-order valence-electron chi connectivity index (χ4n) is 2.00. The Hall–Kier alpha value is -3.06. The molecule has 2 aromatic carbocycles. The number of benzene rings is 2. The summed E-state index contributed by atoms with van der Waals surface area (Å²) in [6.45, 7) is 1.98. The molecule has 1 N–H and O–H groups in total. The molecule has 0 heterocycles. The molecule has 0 aliphatic heterocycles. The number of ether oxygens (including phenoxy) is 1. The molecular weight excluding hydrogens is 276 g/mol. The SMILES string of the molecule is COc1ccc(C)cc1/C=C/C(=O)Nc1cccc(C#N)c1. The van der Waals surface area contributed by atoms with Crippen LogP contribution < -0.4 is 10.1 Å². The van der Waals surface area contributed by atoms with Crippen LogP contribution in [0.25, 0.3) is 6.08 Å². The fourth-order valence-corrected chi connectivity index (χ4v) is 2.00. The number of rotatable bonds is 4. The van der Waals surface area contributed by atoms with E-state index in [-0.39, 0.29) is 5.91 Å². The molecule has 0 aliphatic carbocycles. The van der Waals surface area contributed by atoms with Crippen molar-refractivity contribution in [1.29, 1.82) is 5.26 Å².